The number of ether oxygens (including phenoxy) is 1. The number of fused-ring (bicyclic) bond motifs is 1. The quantitative estimate of drug-likeness (QED) is 0.445. The van der Waals surface area contributed by atoms with Crippen molar-refractivity contribution in [2.45, 2.75) is 6.42 Å². The number of hydrogen-bond acceptors (Lipinski definition) is 7. The number of rotatable bonds is 3. The van der Waals surface area contributed by atoms with E-state index in [1.165, 1.54) is 0 Å². The molecule has 1 aromatic rings. The molecule has 10 heteroatoms. The lowest BCUT2D eigenvalue weighted by molar-refractivity contribution is -0.116. The van der Waals surface area contributed by atoms with Crippen LogP contribution in [0.5, 0.6) is 5.75 Å². The number of nitriles is 1. The first-order valence-electron chi connectivity index (χ1n) is 6.70. The Hall–Kier alpha value is -3.06. The summed E-state index contributed by atoms with van der Waals surface area (Å²) < 4.78 is 31.3. The summed E-state index contributed by atoms with van der Waals surface area (Å²) in [5.74, 6) is -0.667. The van der Waals surface area contributed by atoms with E-state index in [4.69, 9.17) is 15.7 Å². The van der Waals surface area contributed by atoms with Gasteiger partial charge in [0.05, 0.1) is 18.4 Å². The van der Waals surface area contributed by atoms with E-state index in [1.54, 1.807) is 24.3 Å². The molecule has 0 atom stereocenters. The Kier molecular flexibility index (Phi) is 5.05. The highest BCUT2D eigenvalue weighted by molar-refractivity contribution is 7.85. The molecule has 9 nitrogen and oxygen atoms in total. The van der Waals surface area contributed by atoms with Gasteiger partial charge in [-0.05, 0) is 17.3 Å². The van der Waals surface area contributed by atoms with E-state index in [0.29, 0.717) is 22.4 Å². The molecule has 1 amide bonds. The van der Waals surface area contributed by atoms with Crippen molar-refractivity contribution in [3.8, 4) is 11.8 Å². The second-order valence-corrected chi connectivity index (χ2v) is 6.37. The Morgan fingerprint density at radius 3 is 2.92 bits per heavy atom. The Morgan fingerprint density at radius 2 is 2.25 bits per heavy atom. The molecule has 0 bridgehead atoms. The summed E-state index contributed by atoms with van der Waals surface area (Å²) in [5.41, 5.74) is 6.68. The van der Waals surface area contributed by atoms with Crippen LogP contribution in [0.15, 0.2) is 28.9 Å². The van der Waals surface area contributed by atoms with Crippen molar-refractivity contribution in [1.82, 2.24) is 5.32 Å². The van der Waals surface area contributed by atoms with E-state index in [-0.39, 0.29) is 13.0 Å². The highest BCUT2D eigenvalue weighted by atomic mass is 32.2. The first kappa shape index (κ1) is 17.3. The van der Waals surface area contributed by atoms with Gasteiger partial charge in [-0.1, -0.05) is 12.1 Å². The molecular formula is C14H14N4O5S. The summed E-state index contributed by atoms with van der Waals surface area (Å²) in [6.07, 6.45) is 2.63. The van der Waals surface area contributed by atoms with Gasteiger partial charge in [-0.15, -0.1) is 0 Å². The average molecular weight is 350 g/mol. The number of nitrogens with two attached hydrogens (primary N) is 1. The monoisotopic (exact) mass is 350 g/mol. The molecule has 0 fully saturated rings. The predicted octanol–water partition coefficient (Wildman–Crippen LogP) is 0.0463. The van der Waals surface area contributed by atoms with E-state index in [2.05, 4.69) is 14.8 Å². The molecular weight excluding hydrogens is 336 g/mol. The van der Waals surface area contributed by atoms with Crippen LogP contribution in [0.2, 0.25) is 0 Å². The number of carbonyl (C=O) groups is 1. The van der Waals surface area contributed by atoms with E-state index in [0.717, 1.165) is 6.26 Å². The van der Waals surface area contributed by atoms with Gasteiger partial charge >= 0.3 is 10.1 Å². The third kappa shape index (κ3) is 4.47. The van der Waals surface area contributed by atoms with Gasteiger partial charge in [-0.3, -0.25) is 14.4 Å². The third-order valence-corrected chi connectivity index (χ3v) is 3.26. The first-order chi connectivity index (χ1) is 11.3. The summed E-state index contributed by atoms with van der Waals surface area (Å²) in [6.45, 7) is 0.196. The SMILES string of the molecule is CS(=O)(=O)ON=C(N)NC(=O)C1=Cc2cccc(C#N)c2OCC1. The number of carbonyl (C=O) groups excluding carboxylic acids is 1. The maximum Gasteiger partial charge on any atom is 0.325 e. The Morgan fingerprint density at radius 1 is 1.50 bits per heavy atom. The zero-order valence-electron chi connectivity index (χ0n) is 12.6. The van der Waals surface area contributed by atoms with Crippen molar-refractivity contribution in [3.63, 3.8) is 0 Å². The van der Waals surface area contributed by atoms with Crippen molar-refractivity contribution in [3.05, 3.63) is 34.9 Å². The molecule has 0 spiro atoms. The van der Waals surface area contributed by atoms with Crippen LogP contribution in [0, 0.1) is 11.3 Å². The number of guanidine groups is 1. The van der Waals surface area contributed by atoms with Crippen molar-refractivity contribution in [1.29, 1.82) is 5.26 Å². The summed E-state index contributed by atoms with van der Waals surface area (Å²) in [7, 11) is -3.82. The Balaban J connectivity index is 2.20. The van der Waals surface area contributed by atoms with E-state index in [1.807, 2.05) is 6.07 Å². The van der Waals surface area contributed by atoms with E-state index >= 15 is 0 Å². The van der Waals surface area contributed by atoms with Crippen molar-refractivity contribution >= 4 is 28.1 Å². The number of amides is 1. The molecule has 2 rings (SSSR count). The largest absolute Gasteiger partial charge is 0.491 e. The van der Waals surface area contributed by atoms with Crippen LogP contribution in [0.1, 0.15) is 17.5 Å². The number of nitrogens with zero attached hydrogens (tertiary/aromatic N) is 2. The molecule has 0 saturated carbocycles. The average Bonchev–Trinajstić information content (AvgIpc) is 2.74. The van der Waals surface area contributed by atoms with Gasteiger partial charge in [0, 0.05) is 17.6 Å². The highest BCUT2D eigenvalue weighted by Crippen LogP contribution is 2.29. The molecule has 0 aromatic heterocycles. The second kappa shape index (κ2) is 7.01. The van der Waals surface area contributed by atoms with Crippen molar-refractivity contribution < 1.29 is 22.2 Å². The third-order valence-electron chi connectivity index (χ3n) is 2.92. The van der Waals surface area contributed by atoms with Crippen LogP contribution < -0.4 is 15.8 Å². The van der Waals surface area contributed by atoms with Gasteiger partial charge in [-0.2, -0.15) is 13.7 Å². The maximum atomic E-state index is 12.2. The molecule has 0 aliphatic carbocycles. The number of para-hydroxylation sites is 1. The normalized spacial score (nSPS) is 14.3. The molecule has 126 valence electrons. The minimum Gasteiger partial charge on any atom is -0.491 e. The molecule has 0 radical (unpaired) electrons. The van der Waals surface area contributed by atoms with E-state index in [9.17, 15) is 13.2 Å². The van der Waals surface area contributed by atoms with Crippen molar-refractivity contribution in [2.75, 3.05) is 12.9 Å². The Labute approximate surface area is 138 Å². The summed E-state index contributed by atoms with van der Waals surface area (Å²) in [4.78, 5) is 12.2. The molecule has 1 heterocycles. The van der Waals surface area contributed by atoms with Gasteiger partial charge < -0.3 is 10.5 Å². The summed E-state index contributed by atoms with van der Waals surface area (Å²) in [5, 5.41) is 14.4. The Bertz CT molecular complexity index is 868. The lowest BCUT2D eigenvalue weighted by Crippen LogP contribution is -2.38. The van der Waals surface area contributed by atoms with Gasteiger partial charge in [0.15, 0.2) is 0 Å². The molecule has 0 saturated heterocycles. The van der Waals surface area contributed by atoms with E-state index < -0.39 is 22.0 Å². The van der Waals surface area contributed by atoms with Crippen LogP contribution >= 0.6 is 0 Å². The topological polar surface area (TPSA) is 144 Å². The first-order valence-corrected chi connectivity index (χ1v) is 8.52. The van der Waals surface area contributed by atoms with Gasteiger partial charge in [0.25, 0.3) is 5.91 Å². The predicted molar refractivity (Wildman–Crippen MR) is 84.9 cm³/mol. The molecule has 1 aliphatic heterocycles. The van der Waals surface area contributed by atoms with Crippen LogP contribution in [0.25, 0.3) is 6.08 Å². The maximum absolute atomic E-state index is 12.2. The van der Waals surface area contributed by atoms with Gasteiger partial charge in [0.1, 0.15) is 11.8 Å². The van der Waals surface area contributed by atoms with Gasteiger partial charge in [-0.25, -0.2) is 0 Å². The minimum atomic E-state index is -3.82. The molecule has 3 N–H and O–H groups in total. The lowest BCUT2D eigenvalue weighted by Gasteiger charge is -2.07. The lowest BCUT2D eigenvalue weighted by atomic mass is 10.1. The zero-order valence-corrected chi connectivity index (χ0v) is 13.5. The van der Waals surface area contributed by atoms with Crippen molar-refractivity contribution in [2.24, 2.45) is 10.9 Å². The fraction of sp³-hybridized carbons (Fsp3) is 0.214. The number of oxime groups is 1. The van der Waals surface area contributed by atoms with Crippen LogP contribution in [-0.2, 0) is 19.2 Å². The minimum absolute atomic E-state index is 0.196. The van der Waals surface area contributed by atoms with Crippen LogP contribution in [0.3, 0.4) is 0 Å². The molecule has 24 heavy (non-hydrogen) atoms. The van der Waals surface area contributed by atoms with Gasteiger partial charge in [0.2, 0.25) is 5.96 Å². The second-order valence-electron chi connectivity index (χ2n) is 4.81. The number of nitrogens with one attached hydrogen (secondary N) is 1. The fourth-order valence-corrected chi connectivity index (χ4v) is 2.16. The van der Waals surface area contributed by atoms with Crippen LogP contribution in [-0.4, -0.2) is 33.1 Å². The fourth-order valence-electron chi connectivity index (χ4n) is 1.95. The summed E-state index contributed by atoms with van der Waals surface area (Å²) >= 11 is 0. The standard InChI is InChI=1S/C14H14N4O5S/c1-24(20,21)23-18-14(16)17-13(19)10-5-6-22-12-9(7-10)3-2-4-11(12)8-15/h2-4,7H,5-6H2,1H3,(H3,16,17,18,19). The number of benzene rings is 1. The zero-order chi connectivity index (χ0) is 17.7. The van der Waals surface area contributed by atoms with Crippen LogP contribution in [0.4, 0.5) is 0 Å². The molecule has 1 aromatic carbocycles. The smallest absolute Gasteiger partial charge is 0.325 e. The number of hydrogen-bond donors (Lipinski definition) is 2. The highest BCUT2D eigenvalue weighted by Gasteiger charge is 2.18. The molecule has 0 unspecified atom stereocenters. The summed E-state index contributed by atoms with van der Waals surface area (Å²) in [6, 6.07) is 7.02. The molecule has 1 aliphatic rings.